The number of carbonyl (C=O) groups is 1. The summed E-state index contributed by atoms with van der Waals surface area (Å²) in [4.78, 5) is 21.6. The van der Waals surface area contributed by atoms with Crippen LogP contribution in [0.15, 0.2) is 48.5 Å². The smallest absolute Gasteiger partial charge is 0.267 e. The monoisotopic (exact) mass is 474 g/mol. The van der Waals surface area contributed by atoms with Gasteiger partial charge in [0.25, 0.3) is 5.91 Å². The standard InChI is InChI=1S/C26H26N4O3S/c1-30-12-11-18-17(14-30)21(15-9-10-19(32-2)20(13-15)33-3)22-23(27)24(34-26(22)29-18)25(31)28-16-7-5-4-6-8-16/h4-10,13H,11-12,14,27H2,1-3H3,(H,28,31). The van der Waals surface area contributed by atoms with Crippen LogP contribution < -0.4 is 20.5 Å². The number of methoxy groups -OCH3 is 2. The predicted molar refractivity (Wildman–Crippen MR) is 137 cm³/mol. The summed E-state index contributed by atoms with van der Waals surface area (Å²) in [7, 11) is 5.34. The number of nitrogens with zero attached hydrogens (tertiary/aromatic N) is 2. The lowest BCUT2D eigenvalue weighted by Crippen LogP contribution is -2.27. The SMILES string of the molecule is COc1ccc(-c2c3c(nc4sc(C(=O)Nc5ccccc5)c(N)c24)CCN(C)C3)cc1OC. The number of aromatic nitrogens is 1. The molecule has 1 aliphatic heterocycles. The molecule has 3 heterocycles. The number of pyridine rings is 1. The maximum atomic E-state index is 13.2. The molecule has 5 rings (SSSR count). The van der Waals surface area contributed by atoms with Crippen LogP contribution in [0.25, 0.3) is 21.3 Å². The van der Waals surface area contributed by atoms with Gasteiger partial charge in [-0.3, -0.25) is 4.79 Å². The average Bonchev–Trinajstić information content (AvgIpc) is 3.18. The Hall–Kier alpha value is -3.62. The summed E-state index contributed by atoms with van der Waals surface area (Å²) in [5.74, 6) is 1.06. The molecule has 1 amide bonds. The molecule has 0 fully saturated rings. The number of carbonyl (C=O) groups excluding carboxylic acids is 1. The molecule has 0 unspecified atom stereocenters. The van der Waals surface area contributed by atoms with Crippen LogP contribution in [0.3, 0.4) is 0 Å². The number of thiophene rings is 1. The van der Waals surface area contributed by atoms with Crippen molar-refractivity contribution in [3.8, 4) is 22.6 Å². The van der Waals surface area contributed by atoms with Gasteiger partial charge in [0, 0.05) is 41.8 Å². The molecule has 3 N–H and O–H groups in total. The van der Waals surface area contributed by atoms with E-state index in [1.165, 1.54) is 11.3 Å². The summed E-state index contributed by atoms with van der Waals surface area (Å²) in [6.07, 6.45) is 0.839. The average molecular weight is 475 g/mol. The van der Waals surface area contributed by atoms with Crippen molar-refractivity contribution in [3.05, 3.63) is 64.7 Å². The van der Waals surface area contributed by atoms with Gasteiger partial charge in [0.05, 0.1) is 19.9 Å². The molecule has 0 aliphatic carbocycles. The highest BCUT2D eigenvalue weighted by Crippen LogP contribution is 2.45. The van der Waals surface area contributed by atoms with Crippen LogP contribution >= 0.6 is 11.3 Å². The molecule has 0 saturated carbocycles. The number of benzene rings is 2. The first-order chi connectivity index (χ1) is 16.5. The van der Waals surface area contributed by atoms with E-state index in [1.807, 2.05) is 48.5 Å². The van der Waals surface area contributed by atoms with Gasteiger partial charge in [-0.2, -0.15) is 0 Å². The molecule has 0 radical (unpaired) electrons. The summed E-state index contributed by atoms with van der Waals surface area (Å²) < 4.78 is 11.0. The van der Waals surface area contributed by atoms with Gasteiger partial charge in [0.1, 0.15) is 9.71 Å². The molecule has 4 aromatic rings. The number of rotatable bonds is 5. The fraction of sp³-hybridized carbons (Fsp3) is 0.231. The van der Waals surface area contributed by atoms with Crippen molar-refractivity contribution >= 4 is 38.8 Å². The molecule has 1 aliphatic rings. The second-order valence-corrected chi connectivity index (χ2v) is 9.31. The zero-order chi connectivity index (χ0) is 23.8. The molecule has 0 saturated heterocycles. The van der Waals surface area contributed by atoms with Crippen molar-refractivity contribution in [1.82, 2.24) is 9.88 Å². The van der Waals surface area contributed by atoms with Crippen molar-refractivity contribution in [2.24, 2.45) is 0 Å². The lowest BCUT2D eigenvalue weighted by Gasteiger charge is -2.27. The molecule has 8 heteroatoms. The van der Waals surface area contributed by atoms with E-state index < -0.39 is 0 Å². The van der Waals surface area contributed by atoms with Crippen molar-refractivity contribution in [2.45, 2.75) is 13.0 Å². The number of hydrogen-bond donors (Lipinski definition) is 2. The second kappa shape index (κ2) is 8.96. The van der Waals surface area contributed by atoms with Gasteiger partial charge in [-0.15, -0.1) is 11.3 Å². The zero-order valence-corrected chi connectivity index (χ0v) is 20.2. The fourth-order valence-corrected chi connectivity index (χ4v) is 5.47. The van der Waals surface area contributed by atoms with Crippen molar-refractivity contribution < 1.29 is 14.3 Å². The van der Waals surface area contributed by atoms with Crippen molar-refractivity contribution in [3.63, 3.8) is 0 Å². The highest BCUT2D eigenvalue weighted by molar-refractivity contribution is 7.21. The van der Waals surface area contributed by atoms with Gasteiger partial charge >= 0.3 is 0 Å². The summed E-state index contributed by atoms with van der Waals surface area (Å²) in [5.41, 5.74) is 12.0. The van der Waals surface area contributed by atoms with E-state index >= 15 is 0 Å². The molecule has 7 nitrogen and oxygen atoms in total. The molecule has 2 aromatic heterocycles. The normalized spacial score (nSPS) is 13.5. The summed E-state index contributed by atoms with van der Waals surface area (Å²) in [6.45, 7) is 1.68. The third-order valence-corrected chi connectivity index (χ3v) is 7.23. The fourth-order valence-electron chi connectivity index (χ4n) is 4.45. The summed E-state index contributed by atoms with van der Waals surface area (Å²) in [5, 5.41) is 3.76. The maximum Gasteiger partial charge on any atom is 0.267 e. The van der Waals surface area contributed by atoms with E-state index in [0.29, 0.717) is 22.1 Å². The first-order valence-electron chi connectivity index (χ1n) is 11.0. The molecular formula is C26H26N4O3S. The molecule has 0 atom stereocenters. The maximum absolute atomic E-state index is 13.2. The Labute approximate surface area is 202 Å². The number of nitrogen functional groups attached to an aromatic ring is 1. The molecule has 0 spiro atoms. The summed E-state index contributed by atoms with van der Waals surface area (Å²) >= 11 is 1.33. The van der Waals surface area contributed by atoms with Crippen LogP contribution in [-0.4, -0.2) is 43.6 Å². The number of ether oxygens (including phenoxy) is 2. The molecule has 0 bridgehead atoms. The predicted octanol–water partition coefficient (Wildman–Crippen LogP) is 4.80. The van der Waals surface area contributed by atoms with Crippen LogP contribution in [0.5, 0.6) is 11.5 Å². The quantitative estimate of drug-likeness (QED) is 0.432. The van der Waals surface area contributed by atoms with E-state index in [1.54, 1.807) is 14.2 Å². The van der Waals surface area contributed by atoms with Gasteiger partial charge in [0.15, 0.2) is 11.5 Å². The number of fused-ring (bicyclic) bond motifs is 2. The minimum atomic E-state index is -0.236. The Morgan fingerprint density at radius 3 is 2.62 bits per heavy atom. The van der Waals surface area contributed by atoms with Gasteiger partial charge in [-0.1, -0.05) is 24.3 Å². The van der Waals surface area contributed by atoms with E-state index in [9.17, 15) is 4.79 Å². The van der Waals surface area contributed by atoms with Gasteiger partial charge in [-0.05, 0) is 42.4 Å². The number of nitrogens with two attached hydrogens (primary N) is 1. The molecule has 2 aromatic carbocycles. The van der Waals surface area contributed by atoms with Crippen LogP contribution in [0, 0.1) is 0 Å². The number of nitrogens with one attached hydrogen (secondary N) is 1. The Morgan fingerprint density at radius 2 is 1.88 bits per heavy atom. The molecule has 174 valence electrons. The van der Waals surface area contributed by atoms with E-state index in [4.69, 9.17) is 20.2 Å². The number of likely N-dealkylation sites (N-methyl/N-ethyl adjacent to an activating group) is 1. The third-order valence-electron chi connectivity index (χ3n) is 6.13. The van der Waals surface area contributed by atoms with Crippen molar-refractivity contribution in [1.29, 1.82) is 0 Å². The summed E-state index contributed by atoms with van der Waals surface area (Å²) in [6, 6.07) is 15.2. The Balaban J connectivity index is 1.71. The topological polar surface area (TPSA) is 89.7 Å². The highest BCUT2D eigenvalue weighted by Gasteiger charge is 2.27. The Bertz CT molecular complexity index is 1380. The van der Waals surface area contributed by atoms with Gasteiger partial charge in [0.2, 0.25) is 0 Å². The number of amides is 1. The van der Waals surface area contributed by atoms with Crippen LogP contribution in [0.2, 0.25) is 0 Å². The zero-order valence-electron chi connectivity index (χ0n) is 19.3. The van der Waals surface area contributed by atoms with E-state index in [0.717, 1.165) is 57.8 Å². The van der Waals surface area contributed by atoms with Crippen LogP contribution in [-0.2, 0) is 13.0 Å². The number of anilines is 2. The van der Waals surface area contributed by atoms with Crippen molar-refractivity contribution in [2.75, 3.05) is 38.9 Å². The van der Waals surface area contributed by atoms with Crippen LogP contribution in [0.1, 0.15) is 20.9 Å². The number of hydrogen-bond acceptors (Lipinski definition) is 7. The molecular weight excluding hydrogens is 448 g/mol. The highest BCUT2D eigenvalue weighted by atomic mass is 32.1. The minimum absolute atomic E-state index is 0.236. The van der Waals surface area contributed by atoms with E-state index in [2.05, 4.69) is 17.3 Å². The minimum Gasteiger partial charge on any atom is -0.493 e. The Kier molecular flexibility index (Phi) is 5.85. The number of para-hydroxylation sites is 1. The molecule has 34 heavy (non-hydrogen) atoms. The van der Waals surface area contributed by atoms with Gasteiger partial charge in [-0.25, -0.2) is 4.98 Å². The third kappa shape index (κ3) is 3.85. The van der Waals surface area contributed by atoms with Crippen LogP contribution in [0.4, 0.5) is 11.4 Å². The first kappa shape index (κ1) is 22.2. The van der Waals surface area contributed by atoms with E-state index in [-0.39, 0.29) is 5.91 Å². The first-order valence-corrected chi connectivity index (χ1v) is 11.8. The second-order valence-electron chi connectivity index (χ2n) is 8.31. The Morgan fingerprint density at radius 1 is 1.12 bits per heavy atom. The lowest BCUT2D eigenvalue weighted by molar-refractivity contribution is 0.103. The lowest BCUT2D eigenvalue weighted by atomic mass is 9.92. The van der Waals surface area contributed by atoms with Gasteiger partial charge < -0.3 is 25.4 Å². The largest absolute Gasteiger partial charge is 0.493 e.